The third-order valence-corrected chi connectivity index (χ3v) is 7.81. The Labute approximate surface area is 237 Å². The minimum Gasteiger partial charge on any atom is -0.366 e. The summed E-state index contributed by atoms with van der Waals surface area (Å²) in [6.45, 7) is -1.64. The first-order valence-electron chi connectivity index (χ1n) is 13.2. The first-order chi connectivity index (χ1) is 20.0. The van der Waals surface area contributed by atoms with Gasteiger partial charge in [0.2, 0.25) is 12.1 Å². The second-order valence-corrected chi connectivity index (χ2v) is 10.5. The first kappa shape index (κ1) is 27.2. The average molecular weight is 576 g/mol. The number of aliphatic imine (C=N–C) groups is 1. The Morgan fingerprint density at radius 2 is 1.71 bits per heavy atom. The van der Waals surface area contributed by atoms with Gasteiger partial charge in [0.25, 0.3) is 11.8 Å². The fourth-order valence-electron chi connectivity index (χ4n) is 5.85. The number of carbonyl (C=O) groups excluding carboxylic acids is 4. The number of fused-ring (bicyclic) bond motifs is 2. The third-order valence-electron chi connectivity index (χ3n) is 7.81. The van der Waals surface area contributed by atoms with E-state index in [1.807, 2.05) is 0 Å². The Bertz CT molecular complexity index is 1670. The van der Waals surface area contributed by atoms with Crippen LogP contribution in [-0.2, 0) is 22.4 Å². The lowest BCUT2D eigenvalue weighted by Crippen LogP contribution is -2.54. The fraction of sp³-hybridized carbons (Fsp3) is 0.233. The smallest absolute Gasteiger partial charge is 0.366 e. The predicted molar refractivity (Wildman–Crippen MR) is 146 cm³/mol. The Balaban J connectivity index is 1.44. The van der Waals surface area contributed by atoms with Crippen LogP contribution in [0.1, 0.15) is 39.0 Å². The van der Waals surface area contributed by atoms with Crippen LogP contribution < -0.4 is 16.0 Å². The van der Waals surface area contributed by atoms with Gasteiger partial charge < -0.3 is 11.1 Å². The maximum atomic E-state index is 14.0. The van der Waals surface area contributed by atoms with E-state index in [9.17, 15) is 32.3 Å². The lowest BCUT2D eigenvalue weighted by atomic mass is 9.77. The number of hydrogen-bond acceptors (Lipinski definition) is 5. The highest BCUT2D eigenvalue weighted by atomic mass is 19.4. The molecule has 12 heteroatoms. The summed E-state index contributed by atoms with van der Waals surface area (Å²) in [7, 11) is 0. The van der Waals surface area contributed by atoms with Crippen molar-refractivity contribution in [1.82, 2.24) is 10.2 Å². The number of anilines is 1. The van der Waals surface area contributed by atoms with E-state index in [1.165, 1.54) is 18.2 Å². The fourth-order valence-corrected chi connectivity index (χ4v) is 5.85. The van der Waals surface area contributed by atoms with Crippen LogP contribution in [0.4, 0.5) is 23.7 Å². The highest BCUT2D eigenvalue weighted by Gasteiger charge is 2.57. The van der Waals surface area contributed by atoms with E-state index in [2.05, 4.69) is 10.3 Å². The van der Waals surface area contributed by atoms with Crippen molar-refractivity contribution in [3.8, 4) is 0 Å². The van der Waals surface area contributed by atoms with E-state index in [1.54, 1.807) is 54.6 Å². The third kappa shape index (κ3) is 4.58. The zero-order valence-electron chi connectivity index (χ0n) is 22.0. The molecule has 1 unspecified atom stereocenters. The number of imide groups is 1. The van der Waals surface area contributed by atoms with Crippen LogP contribution in [0.25, 0.3) is 0 Å². The van der Waals surface area contributed by atoms with Gasteiger partial charge >= 0.3 is 12.2 Å². The summed E-state index contributed by atoms with van der Waals surface area (Å²) < 4.78 is 41.4. The monoisotopic (exact) mass is 575 g/mol. The molecule has 0 saturated carbocycles. The number of nitrogens with two attached hydrogens (primary N) is 1. The molecule has 6 rings (SSSR count). The number of nitrogens with one attached hydrogen (secondary N) is 1. The van der Waals surface area contributed by atoms with Gasteiger partial charge in [0.1, 0.15) is 12.1 Å². The Hall–Kier alpha value is -5.00. The highest BCUT2D eigenvalue weighted by molar-refractivity contribution is 6.21. The van der Waals surface area contributed by atoms with Crippen LogP contribution in [0.2, 0.25) is 0 Å². The molecular formula is C30H24F3N5O4. The van der Waals surface area contributed by atoms with Crippen molar-refractivity contribution in [3.05, 3.63) is 101 Å². The molecule has 42 heavy (non-hydrogen) atoms. The molecule has 2 atom stereocenters. The lowest BCUT2D eigenvalue weighted by Gasteiger charge is -2.33. The number of halogens is 3. The van der Waals surface area contributed by atoms with Crippen molar-refractivity contribution in [1.29, 1.82) is 0 Å². The van der Waals surface area contributed by atoms with Crippen molar-refractivity contribution < 1.29 is 32.3 Å². The molecule has 3 aromatic carbocycles. The number of alkyl halides is 3. The van der Waals surface area contributed by atoms with Gasteiger partial charge in [-0.25, -0.2) is 14.7 Å². The van der Waals surface area contributed by atoms with Gasteiger partial charge in [0.15, 0.2) is 0 Å². The van der Waals surface area contributed by atoms with E-state index in [4.69, 9.17) is 5.73 Å². The van der Waals surface area contributed by atoms with E-state index in [0.717, 1.165) is 5.56 Å². The number of rotatable bonds is 4. The summed E-state index contributed by atoms with van der Waals surface area (Å²) in [5.74, 6) is -2.52. The molecule has 0 aromatic heterocycles. The number of primary amides is 1. The normalized spacial score (nSPS) is 21.9. The largest absolute Gasteiger partial charge is 0.406 e. The van der Waals surface area contributed by atoms with Gasteiger partial charge in [-0.1, -0.05) is 54.6 Å². The van der Waals surface area contributed by atoms with E-state index < -0.39 is 48.2 Å². The van der Waals surface area contributed by atoms with Gasteiger partial charge in [-0.05, 0) is 42.2 Å². The molecule has 5 amide bonds. The van der Waals surface area contributed by atoms with Crippen LogP contribution in [0, 0.1) is 0 Å². The Kier molecular flexibility index (Phi) is 6.36. The summed E-state index contributed by atoms with van der Waals surface area (Å²) in [6, 6.07) is 18.5. The summed E-state index contributed by atoms with van der Waals surface area (Å²) in [5, 5.41) is 2.71. The van der Waals surface area contributed by atoms with Crippen molar-refractivity contribution in [2.45, 2.75) is 37.1 Å². The molecule has 0 radical (unpaired) electrons. The highest BCUT2D eigenvalue weighted by Crippen LogP contribution is 2.37. The van der Waals surface area contributed by atoms with Gasteiger partial charge in [-0.2, -0.15) is 13.2 Å². The predicted octanol–water partition coefficient (Wildman–Crippen LogP) is 3.34. The average Bonchev–Trinajstić information content (AvgIpc) is 3.12. The minimum atomic E-state index is -4.78. The second kappa shape index (κ2) is 9.82. The van der Waals surface area contributed by atoms with Crippen molar-refractivity contribution in [2.75, 3.05) is 11.4 Å². The van der Waals surface area contributed by atoms with E-state index in [-0.39, 0.29) is 29.8 Å². The van der Waals surface area contributed by atoms with Gasteiger partial charge in [-0.3, -0.25) is 19.3 Å². The number of para-hydroxylation sites is 1. The number of hydrogen-bond donors (Lipinski definition) is 2. The molecule has 3 aliphatic rings. The van der Waals surface area contributed by atoms with Crippen molar-refractivity contribution in [3.63, 3.8) is 0 Å². The molecule has 0 bridgehead atoms. The maximum absolute atomic E-state index is 14.0. The molecule has 9 nitrogen and oxygen atoms in total. The number of amides is 5. The number of benzodiazepines with no additional fused rings is 1. The summed E-state index contributed by atoms with van der Waals surface area (Å²) in [6.07, 6.45) is -6.14. The zero-order chi connectivity index (χ0) is 29.8. The van der Waals surface area contributed by atoms with E-state index in [0.29, 0.717) is 32.9 Å². The molecule has 2 aliphatic heterocycles. The molecule has 214 valence electrons. The topological polar surface area (TPSA) is 125 Å². The number of nitrogens with zero attached hydrogens (tertiary/aromatic N) is 3. The maximum Gasteiger partial charge on any atom is 0.406 e. The molecule has 1 spiro atoms. The second-order valence-electron chi connectivity index (χ2n) is 10.5. The summed E-state index contributed by atoms with van der Waals surface area (Å²) >= 11 is 0. The molecule has 3 N–H and O–H groups in total. The number of aryl methyl sites for hydroxylation is 1. The SMILES string of the molecule is NC(=O)c1ccc2c(c1)CCC1(C2)NC(=O)N([C@H]2N=C(c3ccccc3)c3ccccc3N(CC(F)(F)F)C2=O)C1=O. The molecule has 1 aliphatic carbocycles. The quantitative estimate of drug-likeness (QED) is 0.463. The molecule has 3 aromatic rings. The molecule has 1 fully saturated rings. The van der Waals surface area contributed by atoms with E-state index >= 15 is 0 Å². The number of carbonyl (C=O) groups is 4. The minimum absolute atomic E-state index is 0.0384. The van der Waals surface area contributed by atoms with Gasteiger partial charge in [-0.15, -0.1) is 0 Å². The van der Waals surface area contributed by atoms with Crippen LogP contribution >= 0.6 is 0 Å². The van der Waals surface area contributed by atoms with Crippen LogP contribution in [0.5, 0.6) is 0 Å². The summed E-state index contributed by atoms with van der Waals surface area (Å²) in [5.41, 5.74) is 6.64. The molecular weight excluding hydrogens is 551 g/mol. The first-order valence-corrected chi connectivity index (χ1v) is 13.2. The van der Waals surface area contributed by atoms with Crippen molar-refractivity contribution in [2.24, 2.45) is 10.7 Å². The Morgan fingerprint density at radius 1 is 1.00 bits per heavy atom. The van der Waals surface area contributed by atoms with Gasteiger partial charge in [0, 0.05) is 23.1 Å². The van der Waals surface area contributed by atoms with Crippen LogP contribution in [0.15, 0.2) is 77.8 Å². The van der Waals surface area contributed by atoms with Crippen LogP contribution in [0.3, 0.4) is 0 Å². The molecule has 2 heterocycles. The number of urea groups is 1. The Morgan fingerprint density at radius 3 is 2.43 bits per heavy atom. The molecule has 1 saturated heterocycles. The summed E-state index contributed by atoms with van der Waals surface area (Å²) in [4.78, 5) is 58.7. The lowest BCUT2D eigenvalue weighted by molar-refractivity contribution is -0.140. The zero-order valence-corrected chi connectivity index (χ0v) is 22.0. The van der Waals surface area contributed by atoms with Crippen molar-refractivity contribution >= 4 is 35.2 Å². The standard InChI is InChI=1S/C30H24F3N5O4/c31-30(32,33)16-37-22-9-5-4-8-21(22)23(17-6-2-1-3-7-17)35-25(26(37)40)38-27(41)29(36-28(38)42)13-12-18-14-19(24(34)39)10-11-20(18)15-29/h1-11,14,25H,12-13,15-16H2,(H2,34,39)(H,36,42)/t25-,29?/m1/s1. The number of benzene rings is 3. The van der Waals surface area contributed by atoms with Crippen LogP contribution in [-0.4, -0.2) is 58.8 Å². The van der Waals surface area contributed by atoms with Gasteiger partial charge in [0.05, 0.1) is 11.4 Å².